The lowest BCUT2D eigenvalue weighted by Gasteiger charge is -2.28. The minimum atomic E-state index is -1.28. The summed E-state index contributed by atoms with van der Waals surface area (Å²) in [7, 11) is 0. The molecule has 4 aromatic rings. The molecular formula is C32H34N4O6. The standard InChI is InChI=1S/C32H34N4O6/c1-3-20(2)27(29(38)33-25(31(40)41)18-21-12-6-4-7-13-21)35-28(37)26(19-22-14-8-5-9-15-22)36-30(39)23-16-10-11-17-24(23)34-32(36)42/h4-17,20,25-27H,3,18-19H2,1-2H3,(H,33,38)(H,34,42)(H,35,37)(H,40,41)/t20-,25+,26-,27-/m0/s1. The Hall–Kier alpha value is -4.99. The molecule has 4 N–H and O–H groups in total. The number of aliphatic carboxylic acids is 1. The molecule has 0 spiro atoms. The summed E-state index contributed by atoms with van der Waals surface area (Å²) in [5, 5.41) is 15.4. The van der Waals surface area contributed by atoms with Crippen LogP contribution in [0.5, 0.6) is 0 Å². The van der Waals surface area contributed by atoms with E-state index in [0.29, 0.717) is 17.5 Å². The van der Waals surface area contributed by atoms with Gasteiger partial charge in [-0.2, -0.15) is 0 Å². The number of hydrogen-bond donors (Lipinski definition) is 4. The minimum Gasteiger partial charge on any atom is -0.480 e. The van der Waals surface area contributed by atoms with Gasteiger partial charge in [0.05, 0.1) is 10.9 Å². The number of aromatic amines is 1. The van der Waals surface area contributed by atoms with E-state index in [1.165, 1.54) is 0 Å². The highest BCUT2D eigenvalue weighted by atomic mass is 16.4. The van der Waals surface area contributed by atoms with Gasteiger partial charge in [-0.3, -0.25) is 14.4 Å². The highest BCUT2D eigenvalue weighted by Crippen LogP contribution is 2.16. The highest BCUT2D eigenvalue weighted by molar-refractivity contribution is 5.92. The van der Waals surface area contributed by atoms with Crippen LogP contribution in [0.15, 0.2) is 94.5 Å². The predicted octanol–water partition coefficient (Wildman–Crippen LogP) is 2.82. The van der Waals surface area contributed by atoms with Crippen LogP contribution in [0, 0.1) is 5.92 Å². The number of rotatable bonds is 12. The van der Waals surface area contributed by atoms with E-state index in [9.17, 15) is 29.1 Å². The number of nitrogens with one attached hydrogen (secondary N) is 3. The highest BCUT2D eigenvalue weighted by Gasteiger charge is 2.33. The Morgan fingerprint density at radius 2 is 1.38 bits per heavy atom. The van der Waals surface area contributed by atoms with Crippen molar-refractivity contribution in [2.75, 3.05) is 0 Å². The molecular weight excluding hydrogens is 536 g/mol. The zero-order valence-electron chi connectivity index (χ0n) is 23.4. The number of para-hydroxylation sites is 1. The fraction of sp³-hybridized carbons (Fsp3) is 0.281. The van der Waals surface area contributed by atoms with Crippen LogP contribution in [0.25, 0.3) is 10.9 Å². The summed E-state index contributed by atoms with van der Waals surface area (Å²) < 4.78 is 0.881. The van der Waals surface area contributed by atoms with Gasteiger partial charge < -0.3 is 20.7 Å². The van der Waals surface area contributed by atoms with Crippen LogP contribution in [-0.2, 0) is 27.2 Å². The Morgan fingerprint density at radius 1 is 0.810 bits per heavy atom. The molecule has 0 radical (unpaired) electrons. The maximum atomic E-state index is 13.9. The van der Waals surface area contributed by atoms with Crippen molar-refractivity contribution < 1.29 is 19.5 Å². The van der Waals surface area contributed by atoms with Crippen LogP contribution in [0.1, 0.15) is 37.4 Å². The van der Waals surface area contributed by atoms with Gasteiger partial charge in [-0.25, -0.2) is 14.2 Å². The minimum absolute atomic E-state index is 0.00854. The summed E-state index contributed by atoms with van der Waals surface area (Å²) in [6.07, 6.45) is 0.560. The summed E-state index contributed by atoms with van der Waals surface area (Å²) in [5.74, 6) is -2.97. The van der Waals surface area contributed by atoms with Crippen molar-refractivity contribution in [3.8, 4) is 0 Å². The number of hydrogen-bond acceptors (Lipinski definition) is 5. The van der Waals surface area contributed by atoms with Crippen molar-refractivity contribution >= 4 is 28.7 Å². The molecule has 218 valence electrons. The Bertz CT molecular complexity index is 1670. The van der Waals surface area contributed by atoms with Gasteiger partial charge in [0.15, 0.2) is 0 Å². The lowest BCUT2D eigenvalue weighted by Crippen LogP contribution is -2.56. The van der Waals surface area contributed by atoms with Gasteiger partial charge in [0.2, 0.25) is 11.8 Å². The zero-order chi connectivity index (χ0) is 30.2. The first-order valence-electron chi connectivity index (χ1n) is 13.8. The first kappa shape index (κ1) is 30.0. The molecule has 2 amide bonds. The van der Waals surface area contributed by atoms with E-state index in [0.717, 1.165) is 10.1 Å². The molecule has 0 aliphatic heterocycles. The van der Waals surface area contributed by atoms with E-state index in [4.69, 9.17) is 0 Å². The number of nitrogens with zero attached hydrogens (tertiary/aromatic N) is 1. The van der Waals surface area contributed by atoms with Crippen molar-refractivity contribution in [3.05, 3.63) is 117 Å². The van der Waals surface area contributed by atoms with E-state index < -0.39 is 47.2 Å². The largest absolute Gasteiger partial charge is 0.480 e. The van der Waals surface area contributed by atoms with E-state index in [2.05, 4.69) is 15.6 Å². The maximum absolute atomic E-state index is 13.9. The number of H-pyrrole nitrogens is 1. The third-order valence-electron chi connectivity index (χ3n) is 7.41. The zero-order valence-corrected chi connectivity index (χ0v) is 23.4. The lowest BCUT2D eigenvalue weighted by molar-refractivity contribution is -0.142. The van der Waals surface area contributed by atoms with Gasteiger partial charge >= 0.3 is 11.7 Å². The van der Waals surface area contributed by atoms with E-state index >= 15 is 0 Å². The molecule has 0 saturated heterocycles. The number of carbonyl (C=O) groups is 3. The van der Waals surface area contributed by atoms with Crippen LogP contribution < -0.4 is 21.9 Å². The lowest BCUT2D eigenvalue weighted by atomic mass is 9.96. The molecule has 0 unspecified atom stereocenters. The van der Waals surface area contributed by atoms with Crippen molar-refractivity contribution in [1.29, 1.82) is 0 Å². The Labute approximate surface area is 242 Å². The average molecular weight is 571 g/mol. The fourth-order valence-electron chi connectivity index (χ4n) is 4.86. The van der Waals surface area contributed by atoms with Gasteiger partial charge in [-0.1, -0.05) is 93.1 Å². The second-order valence-corrected chi connectivity index (χ2v) is 10.3. The van der Waals surface area contributed by atoms with Gasteiger partial charge in [0.1, 0.15) is 18.1 Å². The summed E-state index contributed by atoms with van der Waals surface area (Å²) >= 11 is 0. The number of benzene rings is 3. The number of amides is 2. The summed E-state index contributed by atoms with van der Waals surface area (Å²) in [6.45, 7) is 3.61. The molecule has 4 rings (SSSR count). The van der Waals surface area contributed by atoms with E-state index in [1.54, 1.807) is 79.7 Å². The van der Waals surface area contributed by atoms with Gasteiger partial charge in [0.25, 0.3) is 5.56 Å². The normalized spacial score (nSPS) is 14.0. The fourth-order valence-corrected chi connectivity index (χ4v) is 4.86. The monoisotopic (exact) mass is 570 g/mol. The van der Waals surface area contributed by atoms with Crippen molar-refractivity contribution in [3.63, 3.8) is 0 Å². The van der Waals surface area contributed by atoms with Crippen LogP contribution in [0.4, 0.5) is 0 Å². The first-order chi connectivity index (χ1) is 20.2. The third-order valence-corrected chi connectivity index (χ3v) is 7.41. The van der Waals surface area contributed by atoms with Crippen molar-refractivity contribution in [2.24, 2.45) is 5.92 Å². The molecule has 1 aromatic heterocycles. The topological polar surface area (TPSA) is 150 Å². The van der Waals surface area contributed by atoms with Gasteiger partial charge in [-0.15, -0.1) is 0 Å². The van der Waals surface area contributed by atoms with Crippen molar-refractivity contribution in [1.82, 2.24) is 20.2 Å². The third kappa shape index (κ3) is 7.01. The van der Waals surface area contributed by atoms with Crippen LogP contribution in [-0.4, -0.2) is 44.5 Å². The number of carbonyl (C=O) groups excluding carboxylic acids is 2. The second kappa shape index (κ2) is 13.6. The Kier molecular flexibility index (Phi) is 9.69. The molecule has 0 fully saturated rings. The molecule has 42 heavy (non-hydrogen) atoms. The Morgan fingerprint density at radius 3 is 1.98 bits per heavy atom. The van der Waals surface area contributed by atoms with Crippen LogP contribution in [0.2, 0.25) is 0 Å². The Balaban J connectivity index is 1.67. The number of carboxylic acids is 1. The average Bonchev–Trinajstić information content (AvgIpc) is 2.99. The van der Waals surface area contributed by atoms with Gasteiger partial charge in [0, 0.05) is 12.8 Å². The molecule has 10 nitrogen and oxygen atoms in total. The SMILES string of the molecule is CC[C@H](C)[C@H](NC(=O)[C@H](Cc1ccccc1)n1c(=O)[nH]c2ccccc2c1=O)C(=O)N[C@H](Cc1ccccc1)C(=O)O. The molecule has 0 aliphatic carbocycles. The number of aromatic nitrogens is 2. The van der Waals surface area contributed by atoms with Crippen LogP contribution in [0.3, 0.4) is 0 Å². The number of carboxylic acid groups (broad SMARTS) is 1. The summed E-state index contributed by atoms with van der Waals surface area (Å²) in [5.41, 5.74) is 0.386. The summed E-state index contributed by atoms with van der Waals surface area (Å²) in [4.78, 5) is 68.8. The molecule has 0 saturated carbocycles. The summed E-state index contributed by atoms with van der Waals surface area (Å²) in [6, 6.07) is 20.7. The van der Waals surface area contributed by atoms with Crippen molar-refractivity contribution in [2.45, 2.75) is 51.2 Å². The molecule has 3 aromatic carbocycles. The molecule has 10 heteroatoms. The maximum Gasteiger partial charge on any atom is 0.329 e. The smallest absolute Gasteiger partial charge is 0.329 e. The molecule has 0 aliphatic rings. The van der Waals surface area contributed by atoms with Gasteiger partial charge in [-0.05, 0) is 29.2 Å². The van der Waals surface area contributed by atoms with E-state index in [-0.39, 0.29) is 24.1 Å². The quantitative estimate of drug-likeness (QED) is 0.206. The molecule has 1 heterocycles. The predicted molar refractivity (Wildman–Crippen MR) is 159 cm³/mol. The van der Waals surface area contributed by atoms with Crippen LogP contribution >= 0.6 is 0 Å². The van der Waals surface area contributed by atoms with E-state index in [1.807, 2.05) is 19.1 Å². The first-order valence-corrected chi connectivity index (χ1v) is 13.8. The molecule has 4 atom stereocenters. The number of fused-ring (bicyclic) bond motifs is 1. The molecule has 0 bridgehead atoms. The second-order valence-electron chi connectivity index (χ2n) is 10.3.